The summed E-state index contributed by atoms with van der Waals surface area (Å²) in [6.45, 7) is 0.941. The SMILES string of the molecule is COc1ccc(OCC2(COCc3ccccc3)CCC(n3ccc(NC(=O)c4ccccc4)nc3=O)O2)cc1. The topological polar surface area (TPSA) is 101 Å². The maximum Gasteiger partial charge on any atom is 0.351 e. The van der Waals surface area contributed by atoms with Crippen molar-refractivity contribution < 1.29 is 23.7 Å². The lowest BCUT2D eigenvalue weighted by molar-refractivity contribution is -0.133. The Morgan fingerprint density at radius 1 is 0.975 bits per heavy atom. The normalized spacial score (nSPS) is 18.3. The zero-order chi connectivity index (χ0) is 27.8. The smallest absolute Gasteiger partial charge is 0.351 e. The number of aromatic nitrogens is 2. The number of methoxy groups -OCH3 is 1. The number of hydrogen-bond acceptors (Lipinski definition) is 7. The number of benzene rings is 3. The van der Waals surface area contributed by atoms with E-state index in [1.165, 1.54) is 4.57 Å². The summed E-state index contributed by atoms with van der Waals surface area (Å²) in [6.07, 6.45) is 2.21. The molecular formula is C31H31N3O6. The Bertz CT molecular complexity index is 1460. The van der Waals surface area contributed by atoms with E-state index < -0.39 is 17.5 Å². The Morgan fingerprint density at radius 3 is 2.38 bits per heavy atom. The highest BCUT2D eigenvalue weighted by Crippen LogP contribution is 2.37. The Morgan fingerprint density at radius 2 is 1.68 bits per heavy atom. The standard InChI is InChI=1S/C31H31N3O6/c1-37-25-12-14-26(15-13-25)39-22-31(21-38-20-23-8-4-2-5-9-23)18-16-28(40-31)34-19-17-27(33-30(34)36)32-29(35)24-10-6-3-7-11-24/h2-15,17,19,28H,16,18,20-22H2,1H3,(H,32,33,35,36). The molecule has 1 fully saturated rings. The number of hydrogen-bond donors (Lipinski definition) is 1. The average Bonchev–Trinajstić information content (AvgIpc) is 3.41. The van der Waals surface area contributed by atoms with Crippen LogP contribution in [0.3, 0.4) is 0 Å². The van der Waals surface area contributed by atoms with E-state index in [-0.39, 0.29) is 24.9 Å². The van der Waals surface area contributed by atoms with Crippen LogP contribution in [0.25, 0.3) is 0 Å². The van der Waals surface area contributed by atoms with Crippen LogP contribution in [0.15, 0.2) is 102 Å². The van der Waals surface area contributed by atoms with Crippen LogP contribution in [-0.4, -0.2) is 41.4 Å². The summed E-state index contributed by atoms with van der Waals surface area (Å²) in [7, 11) is 1.61. The molecule has 9 heteroatoms. The van der Waals surface area contributed by atoms with Crippen LogP contribution >= 0.6 is 0 Å². The lowest BCUT2D eigenvalue weighted by atomic mass is 10.0. The number of carbonyl (C=O) groups is 1. The molecule has 0 bridgehead atoms. The van der Waals surface area contributed by atoms with E-state index in [0.717, 1.165) is 11.3 Å². The van der Waals surface area contributed by atoms with Gasteiger partial charge in [-0.2, -0.15) is 4.98 Å². The number of nitrogens with one attached hydrogen (secondary N) is 1. The predicted molar refractivity (Wildman–Crippen MR) is 150 cm³/mol. The van der Waals surface area contributed by atoms with E-state index in [1.54, 1.807) is 43.6 Å². The molecule has 2 heterocycles. The summed E-state index contributed by atoms with van der Waals surface area (Å²) in [5.74, 6) is 1.24. The van der Waals surface area contributed by atoms with Gasteiger partial charge < -0.3 is 24.3 Å². The number of carbonyl (C=O) groups excluding carboxylic acids is 1. The van der Waals surface area contributed by atoms with Crippen molar-refractivity contribution in [2.45, 2.75) is 31.3 Å². The number of anilines is 1. The van der Waals surface area contributed by atoms with E-state index in [1.807, 2.05) is 60.7 Å². The molecular weight excluding hydrogens is 510 g/mol. The molecule has 0 spiro atoms. The van der Waals surface area contributed by atoms with Crippen LogP contribution in [-0.2, 0) is 16.1 Å². The molecule has 1 aliphatic rings. The van der Waals surface area contributed by atoms with Crippen molar-refractivity contribution in [2.75, 3.05) is 25.6 Å². The van der Waals surface area contributed by atoms with E-state index in [4.69, 9.17) is 18.9 Å². The van der Waals surface area contributed by atoms with Crippen molar-refractivity contribution in [3.63, 3.8) is 0 Å². The molecule has 1 saturated heterocycles. The third-order valence-electron chi connectivity index (χ3n) is 6.69. The molecule has 40 heavy (non-hydrogen) atoms. The van der Waals surface area contributed by atoms with Gasteiger partial charge in [-0.1, -0.05) is 48.5 Å². The molecule has 2 unspecified atom stereocenters. The van der Waals surface area contributed by atoms with E-state index >= 15 is 0 Å². The lowest BCUT2D eigenvalue weighted by Crippen LogP contribution is -2.41. The molecule has 1 N–H and O–H groups in total. The van der Waals surface area contributed by atoms with Gasteiger partial charge in [-0.3, -0.25) is 9.36 Å². The molecule has 1 aromatic heterocycles. The molecule has 0 aliphatic carbocycles. The first-order valence-electron chi connectivity index (χ1n) is 13.1. The first-order valence-corrected chi connectivity index (χ1v) is 13.1. The summed E-state index contributed by atoms with van der Waals surface area (Å²) in [6, 6.07) is 27.6. The summed E-state index contributed by atoms with van der Waals surface area (Å²) >= 11 is 0. The molecule has 1 amide bonds. The number of nitrogens with zero attached hydrogens (tertiary/aromatic N) is 2. The van der Waals surface area contributed by atoms with Crippen molar-refractivity contribution in [1.29, 1.82) is 0 Å². The van der Waals surface area contributed by atoms with E-state index in [9.17, 15) is 9.59 Å². The van der Waals surface area contributed by atoms with Crippen molar-refractivity contribution >= 4 is 11.7 Å². The predicted octanol–water partition coefficient (Wildman–Crippen LogP) is 4.85. The van der Waals surface area contributed by atoms with Crippen LogP contribution in [0.1, 0.15) is 35.0 Å². The number of amides is 1. The molecule has 5 rings (SSSR count). The molecule has 206 valence electrons. The Kier molecular flexibility index (Phi) is 8.53. The Labute approximate surface area is 232 Å². The van der Waals surface area contributed by atoms with Crippen LogP contribution in [0.4, 0.5) is 5.82 Å². The van der Waals surface area contributed by atoms with Gasteiger partial charge in [0.15, 0.2) is 0 Å². The molecule has 2 atom stereocenters. The zero-order valence-electron chi connectivity index (χ0n) is 22.2. The minimum atomic E-state index is -0.779. The van der Waals surface area contributed by atoms with Gasteiger partial charge in [0.05, 0.1) is 20.3 Å². The van der Waals surface area contributed by atoms with Gasteiger partial charge in [0.1, 0.15) is 35.8 Å². The minimum Gasteiger partial charge on any atom is -0.497 e. The van der Waals surface area contributed by atoms with Crippen LogP contribution in [0.5, 0.6) is 11.5 Å². The highest BCUT2D eigenvalue weighted by atomic mass is 16.6. The fourth-order valence-electron chi connectivity index (χ4n) is 4.54. The van der Waals surface area contributed by atoms with Crippen molar-refractivity contribution in [3.05, 3.63) is 119 Å². The quantitative estimate of drug-likeness (QED) is 0.290. The first-order chi connectivity index (χ1) is 19.5. The van der Waals surface area contributed by atoms with Gasteiger partial charge in [-0.25, -0.2) is 4.79 Å². The highest BCUT2D eigenvalue weighted by Gasteiger charge is 2.42. The van der Waals surface area contributed by atoms with Gasteiger partial charge in [-0.05, 0) is 60.9 Å². The second kappa shape index (κ2) is 12.6. The summed E-state index contributed by atoms with van der Waals surface area (Å²) < 4.78 is 25.3. The van der Waals surface area contributed by atoms with Crippen LogP contribution in [0, 0.1) is 0 Å². The van der Waals surface area contributed by atoms with E-state index in [2.05, 4.69) is 10.3 Å². The first kappa shape index (κ1) is 27.1. The number of rotatable bonds is 11. The summed E-state index contributed by atoms with van der Waals surface area (Å²) in [4.78, 5) is 29.5. The van der Waals surface area contributed by atoms with Gasteiger partial charge in [-0.15, -0.1) is 0 Å². The minimum absolute atomic E-state index is 0.174. The van der Waals surface area contributed by atoms with Crippen LogP contribution in [0.2, 0.25) is 0 Å². The third kappa shape index (κ3) is 6.74. The monoisotopic (exact) mass is 541 g/mol. The molecule has 0 radical (unpaired) electrons. The lowest BCUT2D eigenvalue weighted by Gasteiger charge is -2.29. The average molecular weight is 542 g/mol. The summed E-state index contributed by atoms with van der Waals surface area (Å²) in [5.41, 5.74) is 0.230. The molecule has 1 aliphatic heterocycles. The van der Waals surface area contributed by atoms with Crippen molar-refractivity contribution in [1.82, 2.24) is 9.55 Å². The molecule has 4 aromatic rings. The van der Waals surface area contributed by atoms with Crippen molar-refractivity contribution in [2.24, 2.45) is 0 Å². The molecule has 3 aromatic carbocycles. The third-order valence-corrected chi connectivity index (χ3v) is 6.69. The van der Waals surface area contributed by atoms with E-state index in [0.29, 0.717) is 30.8 Å². The maximum atomic E-state index is 12.9. The van der Waals surface area contributed by atoms with Gasteiger partial charge in [0.25, 0.3) is 5.91 Å². The van der Waals surface area contributed by atoms with Gasteiger partial charge >= 0.3 is 5.69 Å². The molecule has 9 nitrogen and oxygen atoms in total. The van der Waals surface area contributed by atoms with Gasteiger partial charge in [0.2, 0.25) is 0 Å². The van der Waals surface area contributed by atoms with Gasteiger partial charge in [0, 0.05) is 11.8 Å². The second-order valence-corrected chi connectivity index (χ2v) is 9.56. The Balaban J connectivity index is 1.28. The molecule has 0 saturated carbocycles. The fraction of sp³-hybridized carbons (Fsp3) is 0.258. The number of ether oxygens (including phenoxy) is 4. The summed E-state index contributed by atoms with van der Waals surface area (Å²) in [5, 5.41) is 2.67. The zero-order valence-corrected chi connectivity index (χ0v) is 22.2. The fourth-order valence-corrected chi connectivity index (χ4v) is 4.54. The Hall–Kier alpha value is -4.47. The maximum absolute atomic E-state index is 12.9. The van der Waals surface area contributed by atoms with Crippen LogP contribution < -0.4 is 20.5 Å². The largest absolute Gasteiger partial charge is 0.497 e. The second-order valence-electron chi connectivity index (χ2n) is 9.56. The highest BCUT2D eigenvalue weighted by molar-refractivity contribution is 6.03. The van der Waals surface area contributed by atoms with Crippen molar-refractivity contribution in [3.8, 4) is 11.5 Å².